The van der Waals surface area contributed by atoms with Gasteiger partial charge in [0.25, 0.3) is 0 Å². The maximum Gasteiger partial charge on any atom is 0.323 e. The van der Waals surface area contributed by atoms with E-state index in [1.165, 1.54) is 17.3 Å². The van der Waals surface area contributed by atoms with Crippen molar-refractivity contribution in [2.24, 2.45) is 22.6 Å². The number of aromatic nitrogens is 3. The first-order valence-electron chi connectivity index (χ1n) is 15.1. The standard InChI is InChI=1S/C30H44N6O7/c1-5-9-23(37)35-28-20-12-13-22(36(20)34-17-33-28)30(16-32-4)27(39)26(42-29(40)25(31)18(2)3)21(43-30)15-41-24(38)14-19-10-7-6-8-11-19/h12-13,17-19,21,25-27,39H,4-11,14-16,31H2,1-3H3,(H,33,34,35,37)/t21-,25+,26-,27-,30+/m1/s1. The summed E-state index contributed by atoms with van der Waals surface area (Å²) in [4.78, 5) is 46.3. The highest BCUT2D eigenvalue weighted by molar-refractivity contribution is 5.93. The van der Waals surface area contributed by atoms with Gasteiger partial charge in [0.15, 0.2) is 17.5 Å². The van der Waals surface area contributed by atoms with Crippen LogP contribution in [0, 0.1) is 11.8 Å². The zero-order chi connectivity index (χ0) is 31.1. The van der Waals surface area contributed by atoms with Crippen LogP contribution in [-0.4, -0.2) is 81.8 Å². The summed E-state index contributed by atoms with van der Waals surface area (Å²) >= 11 is 0. The van der Waals surface area contributed by atoms with Gasteiger partial charge in [-0.2, -0.15) is 5.10 Å². The number of carbonyl (C=O) groups excluding carboxylic acids is 3. The molecule has 0 bridgehead atoms. The Balaban J connectivity index is 1.65. The molecule has 4 N–H and O–H groups in total. The summed E-state index contributed by atoms with van der Waals surface area (Å²) in [6, 6.07) is 2.42. The van der Waals surface area contributed by atoms with Crippen LogP contribution in [0.15, 0.2) is 23.5 Å². The number of nitrogens with two attached hydrogens (primary N) is 1. The number of aliphatic hydroxyl groups excluding tert-OH is 1. The molecule has 13 nitrogen and oxygen atoms in total. The molecule has 4 rings (SSSR count). The Labute approximate surface area is 251 Å². The number of esters is 2. The van der Waals surface area contributed by atoms with Gasteiger partial charge in [-0.1, -0.05) is 40.0 Å². The number of aliphatic imine (C=N–C) groups is 1. The molecule has 236 valence electrons. The summed E-state index contributed by atoms with van der Waals surface area (Å²) in [7, 11) is 0. The molecule has 1 saturated heterocycles. The van der Waals surface area contributed by atoms with Gasteiger partial charge in [0.2, 0.25) is 5.91 Å². The number of aliphatic hydroxyl groups is 1. The Bertz CT molecular complexity index is 1290. The molecule has 2 aliphatic rings. The Morgan fingerprint density at radius 3 is 2.70 bits per heavy atom. The maximum absolute atomic E-state index is 13.0. The summed E-state index contributed by atoms with van der Waals surface area (Å²) in [6.45, 7) is 8.69. The fourth-order valence-electron chi connectivity index (χ4n) is 5.85. The van der Waals surface area contributed by atoms with Gasteiger partial charge in [-0.15, -0.1) is 0 Å². The van der Waals surface area contributed by atoms with Crippen molar-refractivity contribution in [1.82, 2.24) is 14.6 Å². The minimum Gasteiger partial charge on any atom is -0.463 e. The minimum atomic E-state index is -1.60. The fraction of sp³-hybridized carbons (Fsp3) is 0.667. The lowest BCUT2D eigenvalue weighted by Crippen LogP contribution is -2.48. The second-order valence-electron chi connectivity index (χ2n) is 11.9. The van der Waals surface area contributed by atoms with E-state index in [2.05, 4.69) is 27.1 Å². The van der Waals surface area contributed by atoms with E-state index in [1.807, 2.05) is 6.92 Å². The number of ether oxygens (including phenoxy) is 3. The van der Waals surface area contributed by atoms with Crippen molar-refractivity contribution in [3.63, 3.8) is 0 Å². The van der Waals surface area contributed by atoms with E-state index >= 15 is 0 Å². The van der Waals surface area contributed by atoms with Crippen LogP contribution in [0.3, 0.4) is 0 Å². The monoisotopic (exact) mass is 600 g/mol. The number of fused-ring (bicyclic) bond motifs is 1. The fourth-order valence-corrected chi connectivity index (χ4v) is 5.85. The molecular weight excluding hydrogens is 556 g/mol. The maximum atomic E-state index is 13.0. The molecule has 2 fully saturated rings. The molecule has 1 aliphatic carbocycles. The molecule has 1 amide bonds. The number of carbonyl (C=O) groups is 3. The number of nitrogens with zero attached hydrogens (tertiary/aromatic N) is 4. The average Bonchev–Trinajstić information content (AvgIpc) is 3.53. The summed E-state index contributed by atoms with van der Waals surface area (Å²) in [5.41, 5.74) is 5.28. The third kappa shape index (κ3) is 7.22. The van der Waals surface area contributed by atoms with E-state index in [0.717, 1.165) is 25.7 Å². The van der Waals surface area contributed by atoms with Crippen LogP contribution < -0.4 is 11.1 Å². The van der Waals surface area contributed by atoms with Crippen molar-refractivity contribution >= 4 is 35.9 Å². The molecule has 0 aromatic carbocycles. The Kier molecular flexibility index (Phi) is 10.9. The largest absolute Gasteiger partial charge is 0.463 e. The summed E-state index contributed by atoms with van der Waals surface area (Å²) in [5, 5.41) is 19.0. The molecule has 5 atom stereocenters. The molecule has 3 heterocycles. The average molecular weight is 601 g/mol. The van der Waals surface area contributed by atoms with Gasteiger partial charge in [-0.05, 0) is 49.9 Å². The van der Waals surface area contributed by atoms with Crippen LogP contribution in [-0.2, 0) is 34.2 Å². The highest BCUT2D eigenvalue weighted by atomic mass is 16.6. The van der Waals surface area contributed by atoms with E-state index in [9.17, 15) is 19.5 Å². The van der Waals surface area contributed by atoms with Crippen molar-refractivity contribution in [3.05, 3.63) is 24.2 Å². The Morgan fingerprint density at radius 2 is 2.02 bits per heavy atom. The number of nitrogens with one attached hydrogen (secondary N) is 1. The van der Waals surface area contributed by atoms with Gasteiger partial charge < -0.3 is 30.4 Å². The number of hydrogen-bond acceptors (Lipinski definition) is 11. The van der Waals surface area contributed by atoms with Crippen molar-refractivity contribution in [1.29, 1.82) is 0 Å². The van der Waals surface area contributed by atoms with E-state index in [1.54, 1.807) is 26.0 Å². The topological polar surface area (TPSA) is 180 Å². The van der Waals surface area contributed by atoms with Crippen LogP contribution in [0.1, 0.15) is 77.8 Å². The molecule has 0 radical (unpaired) electrons. The Morgan fingerprint density at radius 1 is 1.28 bits per heavy atom. The first-order chi connectivity index (χ1) is 20.6. The molecule has 1 saturated carbocycles. The number of rotatable bonds is 13. The second kappa shape index (κ2) is 14.4. The van der Waals surface area contributed by atoms with Crippen LogP contribution in [0.25, 0.3) is 5.52 Å². The van der Waals surface area contributed by atoms with Crippen molar-refractivity contribution < 1.29 is 33.7 Å². The molecule has 13 heteroatoms. The Hall–Kier alpha value is -3.42. The normalized spacial score (nSPS) is 25.0. The molecule has 43 heavy (non-hydrogen) atoms. The first-order valence-corrected chi connectivity index (χ1v) is 15.1. The lowest BCUT2D eigenvalue weighted by molar-refractivity contribution is -0.162. The van der Waals surface area contributed by atoms with E-state index in [-0.39, 0.29) is 42.7 Å². The molecule has 2 aromatic rings. The minimum absolute atomic E-state index is 0.140. The number of hydrogen-bond donors (Lipinski definition) is 3. The van der Waals surface area contributed by atoms with Gasteiger partial charge in [0, 0.05) is 12.8 Å². The van der Waals surface area contributed by atoms with Gasteiger partial charge in [0.05, 0.1) is 12.2 Å². The second-order valence-corrected chi connectivity index (χ2v) is 11.9. The number of anilines is 1. The van der Waals surface area contributed by atoms with Crippen molar-refractivity contribution in [3.8, 4) is 0 Å². The van der Waals surface area contributed by atoms with Gasteiger partial charge in [0.1, 0.15) is 36.7 Å². The molecule has 0 spiro atoms. The first kappa shape index (κ1) is 32.5. The zero-order valence-electron chi connectivity index (χ0n) is 25.2. The summed E-state index contributed by atoms with van der Waals surface area (Å²) in [6.07, 6.45) is 4.17. The lowest BCUT2D eigenvalue weighted by atomic mass is 9.87. The van der Waals surface area contributed by atoms with Crippen LogP contribution in [0.4, 0.5) is 5.82 Å². The molecule has 2 aromatic heterocycles. The summed E-state index contributed by atoms with van der Waals surface area (Å²) < 4.78 is 19.3. The van der Waals surface area contributed by atoms with Crippen LogP contribution in [0.5, 0.6) is 0 Å². The number of amides is 1. The SMILES string of the molecule is C=NC[C@@]1(c2ccc3c(NC(=O)CCC)ncnn23)O[C@H](COC(=O)CC2CCCCC2)[C@@H](OC(=O)[C@@H](N)C(C)C)[C@H]1O. The van der Waals surface area contributed by atoms with Crippen molar-refractivity contribution in [2.45, 2.75) is 102 Å². The van der Waals surface area contributed by atoms with E-state index in [4.69, 9.17) is 19.9 Å². The van der Waals surface area contributed by atoms with Gasteiger partial charge in [-0.3, -0.25) is 19.4 Å². The quantitative estimate of drug-likeness (QED) is 0.228. The predicted molar refractivity (Wildman–Crippen MR) is 158 cm³/mol. The molecular formula is C30H44N6O7. The van der Waals surface area contributed by atoms with Gasteiger partial charge in [-0.25, -0.2) is 9.50 Å². The van der Waals surface area contributed by atoms with E-state index < -0.39 is 35.9 Å². The molecule has 1 aliphatic heterocycles. The highest BCUT2D eigenvalue weighted by Gasteiger charge is 2.59. The predicted octanol–water partition coefficient (Wildman–Crippen LogP) is 2.53. The van der Waals surface area contributed by atoms with Gasteiger partial charge >= 0.3 is 11.9 Å². The smallest absolute Gasteiger partial charge is 0.323 e. The lowest BCUT2D eigenvalue weighted by Gasteiger charge is -2.30. The summed E-state index contributed by atoms with van der Waals surface area (Å²) in [5.74, 6) is -0.946. The van der Waals surface area contributed by atoms with Crippen molar-refractivity contribution in [2.75, 3.05) is 18.5 Å². The molecule has 0 unspecified atom stereocenters. The zero-order valence-corrected chi connectivity index (χ0v) is 25.2. The van der Waals surface area contributed by atoms with E-state index in [0.29, 0.717) is 30.5 Å². The third-order valence-electron chi connectivity index (χ3n) is 8.32. The third-order valence-corrected chi connectivity index (χ3v) is 8.32. The highest BCUT2D eigenvalue weighted by Crippen LogP contribution is 2.43. The van der Waals surface area contributed by atoms with Crippen LogP contribution >= 0.6 is 0 Å². The van der Waals surface area contributed by atoms with Crippen LogP contribution in [0.2, 0.25) is 0 Å².